The number of aliphatic hydroxyl groups is 1. The number of anilines is 2. The molecule has 1 aliphatic carbocycles. The zero-order valence-corrected chi connectivity index (χ0v) is 11.8. The lowest BCUT2D eigenvalue weighted by atomic mass is 9.82. The second-order valence-electron chi connectivity index (χ2n) is 4.86. The van der Waals surface area contributed by atoms with Crippen molar-refractivity contribution in [2.75, 3.05) is 24.1 Å². The number of thiazole rings is 1. The summed E-state index contributed by atoms with van der Waals surface area (Å²) in [6.45, 7) is 3.46. The Kier molecular flexibility index (Phi) is 4.60. The number of nitrogens with two attached hydrogens (primary N) is 1. The standard InChI is InChI=1S/C12H20N4O2S/c1-2-3-14-12-16-10(13)9(19-12)11(18)15-6-7-4-8(17)5-7/h7-8,17H,2-6,13H2,1H3,(H,14,16)(H,15,18). The van der Waals surface area contributed by atoms with E-state index in [0.29, 0.717) is 22.5 Å². The summed E-state index contributed by atoms with van der Waals surface area (Å²) in [5, 5.41) is 15.8. The van der Waals surface area contributed by atoms with Gasteiger partial charge in [-0.3, -0.25) is 4.79 Å². The van der Waals surface area contributed by atoms with Crippen molar-refractivity contribution < 1.29 is 9.90 Å². The molecular formula is C12H20N4O2S. The van der Waals surface area contributed by atoms with Crippen LogP contribution >= 0.6 is 11.3 Å². The van der Waals surface area contributed by atoms with Gasteiger partial charge in [-0.25, -0.2) is 4.98 Å². The summed E-state index contributed by atoms with van der Waals surface area (Å²) in [5.41, 5.74) is 5.75. The Hall–Kier alpha value is -1.34. The highest BCUT2D eigenvalue weighted by atomic mass is 32.1. The molecule has 1 aromatic rings. The zero-order chi connectivity index (χ0) is 13.8. The van der Waals surface area contributed by atoms with E-state index in [1.807, 2.05) is 0 Å². The number of carbonyl (C=O) groups is 1. The van der Waals surface area contributed by atoms with Crippen molar-refractivity contribution in [2.24, 2.45) is 5.92 Å². The molecule has 0 radical (unpaired) electrons. The number of nitrogens with zero attached hydrogens (tertiary/aromatic N) is 1. The van der Waals surface area contributed by atoms with E-state index in [2.05, 4.69) is 22.5 Å². The lowest BCUT2D eigenvalue weighted by molar-refractivity contribution is 0.0420. The summed E-state index contributed by atoms with van der Waals surface area (Å²) in [6.07, 6.45) is 2.33. The van der Waals surface area contributed by atoms with Gasteiger partial charge in [0.2, 0.25) is 0 Å². The van der Waals surface area contributed by atoms with Crippen molar-refractivity contribution in [3.05, 3.63) is 4.88 Å². The van der Waals surface area contributed by atoms with Gasteiger partial charge >= 0.3 is 0 Å². The third-order valence-electron chi connectivity index (χ3n) is 3.15. The Balaban J connectivity index is 1.85. The second-order valence-corrected chi connectivity index (χ2v) is 5.86. The maximum absolute atomic E-state index is 12.0. The predicted molar refractivity (Wildman–Crippen MR) is 76.4 cm³/mol. The van der Waals surface area contributed by atoms with Crippen LogP contribution in [0.5, 0.6) is 0 Å². The minimum absolute atomic E-state index is 0.180. The topological polar surface area (TPSA) is 100 Å². The van der Waals surface area contributed by atoms with Crippen molar-refractivity contribution in [1.82, 2.24) is 10.3 Å². The van der Waals surface area contributed by atoms with Crippen molar-refractivity contribution in [1.29, 1.82) is 0 Å². The maximum Gasteiger partial charge on any atom is 0.265 e. The molecule has 1 saturated carbocycles. The fourth-order valence-electron chi connectivity index (χ4n) is 1.99. The third kappa shape index (κ3) is 3.57. The van der Waals surface area contributed by atoms with Crippen LogP contribution in [-0.2, 0) is 0 Å². The van der Waals surface area contributed by atoms with Crippen LogP contribution in [0.4, 0.5) is 10.9 Å². The number of aromatic nitrogens is 1. The van der Waals surface area contributed by atoms with Gasteiger partial charge in [0, 0.05) is 13.1 Å². The van der Waals surface area contributed by atoms with Gasteiger partial charge in [0.05, 0.1) is 6.10 Å². The van der Waals surface area contributed by atoms with Gasteiger partial charge in [-0.05, 0) is 25.2 Å². The van der Waals surface area contributed by atoms with E-state index in [1.165, 1.54) is 11.3 Å². The summed E-state index contributed by atoms with van der Waals surface area (Å²) in [4.78, 5) is 16.6. The highest BCUT2D eigenvalue weighted by molar-refractivity contribution is 7.18. The SMILES string of the molecule is CCCNc1nc(N)c(C(=O)NCC2CC(O)C2)s1. The summed E-state index contributed by atoms with van der Waals surface area (Å²) in [6, 6.07) is 0. The van der Waals surface area contributed by atoms with E-state index in [0.717, 1.165) is 25.8 Å². The largest absolute Gasteiger partial charge is 0.393 e. The Morgan fingerprint density at radius 3 is 2.95 bits per heavy atom. The van der Waals surface area contributed by atoms with Crippen LogP contribution in [0.3, 0.4) is 0 Å². The molecule has 0 spiro atoms. The second kappa shape index (κ2) is 6.21. The maximum atomic E-state index is 12.0. The van der Waals surface area contributed by atoms with E-state index >= 15 is 0 Å². The summed E-state index contributed by atoms with van der Waals surface area (Å²) in [5.74, 6) is 0.474. The van der Waals surface area contributed by atoms with Crippen LogP contribution in [0, 0.1) is 5.92 Å². The molecule has 0 saturated heterocycles. The van der Waals surface area contributed by atoms with Crippen molar-refractivity contribution in [3.8, 4) is 0 Å². The molecule has 0 atom stereocenters. The van der Waals surface area contributed by atoms with Crippen LogP contribution in [0.25, 0.3) is 0 Å². The van der Waals surface area contributed by atoms with E-state index in [-0.39, 0.29) is 17.8 Å². The molecule has 7 heteroatoms. The van der Waals surface area contributed by atoms with Gasteiger partial charge in [-0.15, -0.1) is 0 Å². The van der Waals surface area contributed by atoms with Gasteiger partial charge < -0.3 is 21.5 Å². The van der Waals surface area contributed by atoms with Gasteiger partial charge in [0.15, 0.2) is 5.13 Å². The molecule has 19 heavy (non-hydrogen) atoms. The fraction of sp³-hybridized carbons (Fsp3) is 0.667. The van der Waals surface area contributed by atoms with Gasteiger partial charge in [-0.2, -0.15) is 0 Å². The molecule has 1 amide bonds. The first-order valence-corrected chi connectivity index (χ1v) is 7.38. The molecule has 0 bridgehead atoms. The van der Waals surface area contributed by atoms with E-state index in [4.69, 9.17) is 5.73 Å². The third-order valence-corrected chi connectivity index (χ3v) is 4.18. The van der Waals surface area contributed by atoms with Crippen LogP contribution in [-0.4, -0.2) is 35.2 Å². The van der Waals surface area contributed by atoms with Crippen molar-refractivity contribution in [3.63, 3.8) is 0 Å². The molecule has 0 aliphatic heterocycles. The minimum atomic E-state index is -0.194. The monoisotopic (exact) mass is 284 g/mol. The average Bonchev–Trinajstić information content (AvgIpc) is 2.71. The van der Waals surface area contributed by atoms with Gasteiger partial charge in [0.25, 0.3) is 5.91 Å². The van der Waals surface area contributed by atoms with Gasteiger partial charge in [0.1, 0.15) is 10.7 Å². The molecule has 106 valence electrons. The summed E-state index contributed by atoms with van der Waals surface area (Å²) >= 11 is 1.28. The van der Waals surface area contributed by atoms with Crippen LogP contribution in [0.1, 0.15) is 35.9 Å². The van der Waals surface area contributed by atoms with Gasteiger partial charge in [-0.1, -0.05) is 18.3 Å². The molecule has 1 fully saturated rings. The molecular weight excluding hydrogens is 264 g/mol. The highest BCUT2D eigenvalue weighted by Crippen LogP contribution is 2.27. The predicted octanol–water partition coefficient (Wildman–Crippen LogP) is 1.05. The van der Waals surface area contributed by atoms with Crippen molar-refractivity contribution in [2.45, 2.75) is 32.3 Å². The number of nitrogens with one attached hydrogen (secondary N) is 2. The van der Waals surface area contributed by atoms with Crippen molar-refractivity contribution >= 4 is 28.2 Å². The van der Waals surface area contributed by atoms with E-state index < -0.39 is 0 Å². The number of amides is 1. The summed E-state index contributed by atoms with van der Waals surface area (Å²) < 4.78 is 0. The Morgan fingerprint density at radius 2 is 2.32 bits per heavy atom. The molecule has 1 aliphatic rings. The number of nitrogen functional groups attached to an aromatic ring is 1. The molecule has 5 N–H and O–H groups in total. The molecule has 6 nitrogen and oxygen atoms in total. The quantitative estimate of drug-likeness (QED) is 0.625. The molecule has 1 aromatic heterocycles. The number of rotatable bonds is 6. The zero-order valence-electron chi connectivity index (χ0n) is 11.0. The summed E-state index contributed by atoms with van der Waals surface area (Å²) in [7, 11) is 0. The molecule has 1 heterocycles. The number of hydrogen-bond acceptors (Lipinski definition) is 6. The molecule has 0 aromatic carbocycles. The minimum Gasteiger partial charge on any atom is -0.393 e. The first kappa shape index (κ1) is 14.1. The molecule has 2 rings (SSSR count). The Labute approximate surface area is 116 Å². The first-order valence-electron chi connectivity index (χ1n) is 6.56. The Morgan fingerprint density at radius 1 is 1.58 bits per heavy atom. The van der Waals surface area contributed by atoms with E-state index in [9.17, 15) is 9.90 Å². The average molecular weight is 284 g/mol. The van der Waals surface area contributed by atoms with Crippen LogP contribution < -0.4 is 16.4 Å². The van der Waals surface area contributed by atoms with Crippen LogP contribution in [0.2, 0.25) is 0 Å². The lowest BCUT2D eigenvalue weighted by Gasteiger charge is -2.31. The lowest BCUT2D eigenvalue weighted by Crippen LogP contribution is -2.38. The smallest absolute Gasteiger partial charge is 0.265 e. The van der Waals surface area contributed by atoms with E-state index in [1.54, 1.807) is 0 Å². The number of aliphatic hydroxyl groups excluding tert-OH is 1. The first-order chi connectivity index (χ1) is 9.10. The normalized spacial score (nSPS) is 21.8. The molecule has 0 unspecified atom stereocenters. The fourth-order valence-corrected chi connectivity index (χ4v) is 2.81. The van der Waals surface area contributed by atoms with Crippen LogP contribution in [0.15, 0.2) is 0 Å². The number of hydrogen-bond donors (Lipinski definition) is 4. The Bertz CT molecular complexity index is 443. The highest BCUT2D eigenvalue weighted by Gasteiger charge is 2.27. The number of carbonyl (C=O) groups excluding carboxylic acids is 1.